The van der Waals surface area contributed by atoms with Crippen molar-refractivity contribution in [1.82, 2.24) is 0 Å². The van der Waals surface area contributed by atoms with Crippen LogP contribution in [-0.2, 0) is 0 Å². The lowest BCUT2D eigenvalue weighted by Crippen LogP contribution is -2.11. The molecule has 0 spiro atoms. The van der Waals surface area contributed by atoms with Crippen molar-refractivity contribution in [2.24, 2.45) is 0 Å². The molecule has 47 heavy (non-hydrogen) atoms. The minimum atomic E-state index is 1.11. The Morgan fingerprint density at radius 2 is 0.851 bits per heavy atom. The fraction of sp³-hybridized carbons (Fsp3) is 0. The predicted molar refractivity (Wildman–Crippen MR) is 202 cm³/mol. The molecule has 0 bridgehead atoms. The Balaban J connectivity index is 1.27. The van der Waals surface area contributed by atoms with Gasteiger partial charge in [0.05, 0.1) is 5.69 Å². The number of hydrogen-bond donors (Lipinski definition) is 0. The first-order valence-electron chi connectivity index (χ1n) is 16.2. The predicted octanol–water partition coefficient (Wildman–Crippen LogP) is 13.1. The van der Waals surface area contributed by atoms with Gasteiger partial charge in [0.25, 0.3) is 0 Å². The Hall–Kier alpha value is -6.18. The maximum absolute atomic E-state index is 2.42. The number of anilines is 3. The summed E-state index contributed by atoms with van der Waals surface area (Å²) in [6.45, 7) is 0. The molecular formula is C46H31N. The summed E-state index contributed by atoms with van der Waals surface area (Å²) in [6.07, 6.45) is 0. The molecule has 1 heteroatoms. The molecule has 0 radical (unpaired) electrons. The van der Waals surface area contributed by atoms with Crippen molar-refractivity contribution in [2.45, 2.75) is 0 Å². The third kappa shape index (κ3) is 4.72. The number of hydrogen-bond acceptors (Lipinski definition) is 1. The van der Waals surface area contributed by atoms with Gasteiger partial charge in [-0.25, -0.2) is 0 Å². The zero-order valence-electron chi connectivity index (χ0n) is 25.8. The lowest BCUT2D eigenvalue weighted by atomic mass is 9.95. The highest BCUT2D eigenvalue weighted by Crippen LogP contribution is 2.44. The summed E-state index contributed by atoms with van der Waals surface area (Å²) in [6, 6.07) is 68.3. The fourth-order valence-corrected chi connectivity index (χ4v) is 7.18. The van der Waals surface area contributed by atoms with Gasteiger partial charge in [0, 0.05) is 16.9 Å². The van der Waals surface area contributed by atoms with E-state index in [1.54, 1.807) is 0 Å². The monoisotopic (exact) mass is 597 g/mol. The zero-order chi connectivity index (χ0) is 31.2. The molecule has 0 amide bonds. The van der Waals surface area contributed by atoms with Crippen molar-refractivity contribution in [3.8, 4) is 22.3 Å². The van der Waals surface area contributed by atoms with Crippen LogP contribution in [0.4, 0.5) is 17.1 Å². The molecule has 0 aromatic heterocycles. The highest BCUT2D eigenvalue weighted by Gasteiger charge is 2.19. The van der Waals surface area contributed by atoms with E-state index in [9.17, 15) is 0 Å². The van der Waals surface area contributed by atoms with Crippen LogP contribution in [0, 0.1) is 0 Å². The maximum Gasteiger partial charge on any atom is 0.0540 e. The third-order valence-corrected chi connectivity index (χ3v) is 9.42. The standard InChI is InChI=1S/C46H31N/c1-2-11-32(12-3-1)33-25-27-38(28-26-33)47(45-20-9-8-18-44(45)43-19-10-15-34-13-4-6-16-40(34)43)39-29-30-42-37(31-39)24-23-36-22-21-35-14-5-7-17-41(35)46(36)42/h1-31H. The van der Waals surface area contributed by atoms with Gasteiger partial charge in [-0.1, -0.05) is 158 Å². The second-order valence-corrected chi connectivity index (χ2v) is 12.1. The number of fused-ring (bicyclic) bond motifs is 6. The number of benzene rings is 9. The second kappa shape index (κ2) is 11.3. The van der Waals surface area contributed by atoms with E-state index >= 15 is 0 Å². The minimum Gasteiger partial charge on any atom is -0.310 e. The van der Waals surface area contributed by atoms with Gasteiger partial charge in [-0.15, -0.1) is 0 Å². The zero-order valence-corrected chi connectivity index (χ0v) is 25.8. The molecule has 0 atom stereocenters. The molecule has 0 saturated carbocycles. The van der Waals surface area contributed by atoms with E-state index in [2.05, 4.69) is 193 Å². The first-order chi connectivity index (χ1) is 23.3. The molecule has 1 nitrogen and oxygen atoms in total. The normalized spacial score (nSPS) is 11.4. The highest BCUT2D eigenvalue weighted by molar-refractivity contribution is 6.20. The molecule has 0 N–H and O–H groups in total. The van der Waals surface area contributed by atoms with E-state index in [1.807, 2.05) is 0 Å². The van der Waals surface area contributed by atoms with E-state index in [4.69, 9.17) is 0 Å². The van der Waals surface area contributed by atoms with Crippen LogP contribution < -0.4 is 4.90 Å². The van der Waals surface area contributed by atoms with E-state index in [1.165, 1.54) is 65.3 Å². The topological polar surface area (TPSA) is 3.24 Å². The Morgan fingerprint density at radius 1 is 0.298 bits per heavy atom. The molecule has 0 heterocycles. The molecule has 0 aliphatic heterocycles. The largest absolute Gasteiger partial charge is 0.310 e. The quantitative estimate of drug-likeness (QED) is 0.178. The van der Waals surface area contributed by atoms with Crippen molar-refractivity contribution in [3.63, 3.8) is 0 Å². The Kier molecular flexibility index (Phi) is 6.54. The van der Waals surface area contributed by atoms with Gasteiger partial charge in [0.2, 0.25) is 0 Å². The van der Waals surface area contributed by atoms with Gasteiger partial charge in [0.1, 0.15) is 0 Å². The Morgan fingerprint density at radius 3 is 1.68 bits per heavy atom. The molecule has 9 rings (SSSR count). The summed E-state index contributed by atoms with van der Waals surface area (Å²) in [4.78, 5) is 2.42. The fourth-order valence-electron chi connectivity index (χ4n) is 7.18. The van der Waals surface area contributed by atoms with Crippen LogP contribution in [-0.4, -0.2) is 0 Å². The molecule has 9 aromatic rings. The first kappa shape index (κ1) is 27.2. The third-order valence-electron chi connectivity index (χ3n) is 9.42. The SMILES string of the molecule is c1ccc(-c2ccc(N(c3ccc4c(ccc5ccc6ccccc6c54)c3)c3ccccc3-c3cccc4ccccc34)cc2)cc1. The van der Waals surface area contributed by atoms with Gasteiger partial charge in [-0.3, -0.25) is 0 Å². The van der Waals surface area contributed by atoms with E-state index in [0.717, 1.165) is 17.1 Å². The van der Waals surface area contributed by atoms with Crippen molar-refractivity contribution in [3.05, 3.63) is 188 Å². The van der Waals surface area contributed by atoms with E-state index in [0.29, 0.717) is 0 Å². The summed E-state index contributed by atoms with van der Waals surface area (Å²) in [7, 11) is 0. The molecule has 0 fully saturated rings. The van der Waals surface area contributed by atoms with Gasteiger partial charge in [-0.2, -0.15) is 0 Å². The second-order valence-electron chi connectivity index (χ2n) is 12.1. The highest BCUT2D eigenvalue weighted by atomic mass is 15.1. The van der Waals surface area contributed by atoms with E-state index < -0.39 is 0 Å². The van der Waals surface area contributed by atoms with Crippen LogP contribution in [0.25, 0.3) is 65.3 Å². The summed E-state index contributed by atoms with van der Waals surface area (Å²) >= 11 is 0. The molecule has 0 saturated heterocycles. The van der Waals surface area contributed by atoms with Crippen LogP contribution in [0.15, 0.2) is 188 Å². The average molecular weight is 598 g/mol. The minimum absolute atomic E-state index is 1.11. The number of rotatable bonds is 5. The van der Waals surface area contributed by atoms with Crippen LogP contribution in [0.1, 0.15) is 0 Å². The lowest BCUT2D eigenvalue weighted by Gasteiger charge is -2.29. The van der Waals surface area contributed by atoms with E-state index in [-0.39, 0.29) is 0 Å². The Bertz CT molecular complexity index is 2560. The van der Waals surface area contributed by atoms with Crippen molar-refractivity contribution in [2.75, 3.05) is 4.90 Å². The maximum atomic E-state index is 2.42. The Labute approximate surface area is 274 Å². The molecule has 220 valence electrons. The van der Waals surface area contributed by atoms with Gasteiger partial charge in [-0.05, 0) is 90.1 Å². The molecule has 0 aliphatic carbocycles. The van der Waals surface area contributed by atoms with Crippen LogP contribution in [0.2, 0.25) is 0 Å². The van der Waals surface area contributed by atoms with Crippen LogP contribution >= 0.6 is 0 Å². The number of para-hydroxylation sites is 1. The molecular weight excluding hydrogens is 567 g/mol. The van der Waals surface area contributed by atoms with Gasteiger partial charge in [0.15, 0.2) is 0 Å². The summed E-state index contributed by atoms with van der Waals surface area (Å²) in [5.74, 6) is 0. The number of nitrogens with zero attached hydrogens (tertiary/aromatic N) is 1. The summed E-state index contributed by atoms with van der Waals surface area (Å²) < 4.78 is 0. The van der Waals surface area contributed by atoms with Crippen LogP contribution in [0.3, 0.4) is 0 Å². The summed E-state index contributed by atoms with van der Waals surface area (Å²) in [5.41, 5.74) is 8.21. The van der Waals surface area contributed by atoms with Crippen molar-refractivity contribution >= 4 is 60.2 Å². The van der Waals surface area contributed by atoms with Crippen molar-refractivity contribution in [1.29, 1.82) is 0 Å². The molecule has 0 unspecified atom stereocenters. The van der Waals surface area contributed by atoms with Gasteiger partial charge < -0.3 is 4.90 Å². The van der Waals surface area contributed by atoms with Crippen molar-refractivity contribution < 1.29 is 0 Å². The average Bonchev–Trinajstić information content (AvgIpc) is 3.15. The van der Waals surface area contributed by atoms with Crippen LogP contribution in [0.5, 0.6) is 0 Å². The molecule has 9 aromatic carbocycles. The summed E-state index contributed by atoms with van der Waals surface area (Å²) in [5, 5.41) is 10.1. The first-order valence-corrected chi connectivity index (χ1v) is 16.2. The smallest absolute Gasteiger partial charge is 0.0540 e. The lowest BCUT2D eigenvalue weighted by molar-refractivity contribution is 1.29. The van der Waals surface area contributed by atoms with Gasteiger partial charge >= 0.3 is 0 Å². The molecule has 0 aliphatic rings.